The molecular formula is C28H20O7. The molecule has 5 N–H and O–H groups in total. The highest BCUT2D eigenvalue weighted by molar-refractivity contribution is 5.84. The van der Waals surface area contributed by atoms with Crippen LogP contribution in [0, 0.1) is 0 Å². The molecule has 0 fully saturated rings. The Bertz CT molecular complexity index is 1560. The van der Waals surface area contributed by atoms with Crippen molar-refractivity contribution >= 4 is 11.0 Å². The zero-order valence-electron chi connectivity index (χ0n) is 18.2. The van der Waals surface area contributed by atoms with Gasteiger partial charge >= 0.3 is 0 Å². The molecule has 0 aliphatic carbocycles. The molecule has 0 amide bonds. The minimum absolute atomic E-state index is 0.0325. The summed E-state index contributed by atoms with van der Waals surface area (Å²) in [6.07, 6.45) is -0.597. The third-order valence-corrected chi connectivity index (χ3v) is 6.28. The van der Waals surface area contributed by atoms with E-state index in [1.54, 1.807) is 48.5 Å². The van der Waals surface area contributed by atoms with Crippen molar-refractivity contribution in [3.8, 4) is 45.8 Å². The first-order valence-corrected chi connectivity index (χ1v) is 10.9. The zero-order valence-corrected chi connectivity index (χ0v) is 18.2. The predicted molar refractivity (Wildman–Crippen MR) is 128 cm³/mol. The van der Waals surface area contributed by atoms with Gasteiger partial charge in [-0.3, -0.25) is 0 Å². The fourth-order valence-corrected chi connectivity index (χ4v) is 4.75. The maximum Gasteiger partial charge on any atom is 0.138 e. The molecular weight excluding hydrogens is 448 g/mol. The van der Waals surface area contributed by atoms with E-state index in [0.29, 0.717) is 33.8 Å². The molecule has 4 aromatic carbocycles. The molecule has 0 bridgehead atoms. The van der Waals surface area contributed by atoms with E-state index in [0.717, 1.165) is 10.9 Å². The molecule has 1 aliphatic heterocycles. The highest BCUT2D eigenvalue weighted by atomic mass is 16.5. The Hall–Kier alpha value is -4.78. The van der Waals surface area contributed by atoms with Crippen LogP contribution in [0.2, 0.25) is 0 Å². The van der Waals surface area contributed by atoms with E-state index in [2.05, 4.69) is 0 Å². The minimum Gasteiger partial charge on any atom is -0.508 e. The number of aromatic hydroxyl groups is 5. The van der Waals surface area contributed by atoms with Crippen molar-refractivity contribution in [1.82, 2.24) is 0 Å². The lowest BCUT2D eigenvalue weighted by atomic mass is 9.84. The number of rotatable bonds is 3. The second-order valence-corrected chi connectivity index (χ2v) is 8.63. The average Bonchev–Trinajstić information content (AvgIpc) is 3.40. The number of hydrogen-bond donors (Lipinski definition) is 5. The van der Waals surface area contributed by atoms with E-state index in [4.69, 9.17) is 9.15 Å². The van der Waals surface area contributed by atoms with Crippen LogP contribution >= 0.6 is 0 Å². The van der Waals surface area contributed by atoms with E-state index in [1.165, 1.54) is 24.3 Å². The first-order chi connectivity index (χ1) is 16.9. The number of fused-ring (bicyclic) bond motifs is 2. The number of phenolic OH excluding ortho intramolecular Hbond substituents is 5. The Morgan fingerprint density at radius 3 is 2.06 bits per heavy atom. The molecule has 2 heterocycles. The number of benzene rings is 4. The van der Waals surface area contributed by atoms with Crippen LogP contribution in [0.1, 0.15) is 28.7 Å². The molecule has 1 aromatic heterocycles. The van der Waals surface area contributed by atoms with Crippen molar-refractivity contribution in [2.45, 2.75) is 12.0 Å². The van der Waals surface area contributed by atoms with E-state index in [9.17, 15) is 25.5 Å². The summed E-state index contributed by atoms with van der Waals surface area (Å²) in [6.45, 7) is 0. The summed E-state index contributed by atoms with van der Waals surface area (Å²) in [5, 5.41) is 51.7. The fourth-order valence-electron chi connectivity index (χ4n) is 4.75. The molecule has 6 rings (SSSR count). The molecule has 2 atom stereocenters. The van der Waals surface area contributed by atoms with E-state index in [1.807, 2.05) is 6.07 Å². The summed E-state index contributed by atoms with van der Waals surface area (Å²) < 4.78 is 12.2. The van der Waals surface area contributed by atoms with Crippen molar-refractivity contribution in [1.29, 1.82) is 0 Å². The zero-order chi connectivity index (χ0) is 24.3. The van der Waals surface area contributed by atoms with E-state index in [-0.39, 0.29) is 28.7 Å². The molecule has 174 valence electrons. The van der Waals surface area contributed by atoms with Crippen LogP contribution in [0.25, 0.3) is 22.3 Å². The van der Waals surface area contributed by atoms with Crippen LogP contribution in [0.4, 0.5) is 0 Å². The molecule has 1 aliphatic rings. The Morgan fingerprint density at radius 2 is 1.31 bits per heavy atom. The SMILES string of the molecule is Oc1ccc(C2Oc3cc(-c4cc5ccc(O)cc5o4)cc(O)c3C2c2cc(O)cc(O)c2)cc1. The third-order valence-electron chi connectivity index (χ3n) is 6.28. The van der Waals surface area contributed by atoms with Gasteiger partial charge in [0.2, 0.25) is 0 Å². The summed E-state index contributed by atoms with van der Waals surface area (Å²) in [4.78, 5) is 0. The van der Waals surface area contributed by atoms with Crippen molar-refractivity contribution in [3.63, 3.8) is 0 Å². The van der Waals surface area contributed by atoms with E-state index < -0.39 is 12.0 Å². The van der Waals surface area contributed by atoms with Crippen LogP contribution in [0.15, 0.2) is 83.3 Å². The Morgan fingerprint density at radius 1 is 0.600 bits per heavy atom. The topological polar surface area (TPSA) is 124 Å². The predicted octanol–water partition coefficient (Wildman–Crippen LogP) is 5.89. The van der Waals surface area contributed by atoms with Crippen molar-refractivity contribution in [2.24, 2.45) is 0 Å². The Balaban J connectivity index is 1.51. The summed E-state index contributed by atoms with van der Waals surface area (Å²) in [6, 6.07) is 20.8. The second-order valence-electron chi connectivity index (χ2n) is 8.63. The lowest BCUT2D eigenvalue weighted by Crippen LogP contribution is -2.11. The largest absolute Gasteiger partial charge is 0.508 e. The number of furan rings is 1. The Kier molecular flexibility index (Phi) is 4.54. The first kappa shape index (κ1) is 20.8. The van der Waals surface area contributed by atoms with Gasteiger partial charge in [0.15, 0.2) is 0 Å². The third kappa shape index (κ3) is 3.54. The van der Waals surface area contributed by atoms with Crippen molar-refractivity contribution < 1.29 is 34.7 Å². The molecule has 7 heteroatoms. The van der Waals surface area contributed by atoms with Gasteiger partial charge in [-0.2, -0.15) is 0 Å². The normalized spacial score (nSPS) is 16.8. The minimum atomic E-state index is -0.597. The van der Waals surface area contributed by atoms with Gasteiger partial charge in [0.25, 0.3) is 0 Å². The molecule has 7 nitrogen and oxygen atoms in total. The number of ether oxygens (including phenoxy) is 1. The van der Waals surface area contributed by atoms with Gasteiger partial charge in [-0.05, 0) is 65.7 Å². The van der Waals surface area contributed by atoms with Gasteiger partial charge in [0.1, 0.15) is 51.9 Å². The molecule has 35 heavy (non-hydrogen) atoms. The number of hydrogen-bond acceptors (Lipinski definition) is 7. The van der Waals surface area contributed by atoms with Gasteiger partial charge in [0, 0.05) is 28.6 Å². The highest BCUT2D eigenvalue weighted by Gasteiger charge is 2.40. The lowest BCUT2D eigenvalue weighted by Gasteiger charge is -2.21. The summed E-state index contributed by atoms with van der Waals surface area (Å²) in [7, 11) is 0. The maximum atomic E-state index is 11.1. The fraction of sp³-hybridized carbons (Fsp3) is 0.0714. The maximum absolute atomic E-state index is 11.1. The summed E-state index contributed by atoms with van der Waals surface area (Å²) in [5.41, 5.74) is 2.90. The molecule has 0 saturated heterocycles. The summed E-state index contributed by atoms with van der Waals surface area (Å²) in [5.74, 6) is 0.314. The molecule has 0 saturated carbocycles. The van der Waals surface area contributed by atoms with E-state index >= 15 is 0 Å². The highest BCUT2D eigenvalue weighted by Crippen LogP contribution is 2.55. The molecule has 2 unspecified atom stereocenters. The monoisotopic (exact) mass is 468 g/mol. The molecule has 5 aromatic rings. The van der Waals surface area contributed by atoms with Gasteiger partial charge in [-0.15, -0.1) is 0 Å². The Labute approximate surface area is 199 Å². The second kappa shape index (κ2) is 7.63. The first-order valence-electron chi connectivity index (χ1n) is 10.9. The lowest BCUT2D eigenvalue weighted by molar-refractivity contribution is 0.222. The summed E-state index contributed by atoms with van der Waals surface area (Å²) >= 11 is 0. The number of phenols is 5. The van der Waals surface area contributed by atoms with Crippen LogP contribution in [0.3, 0.4) is 0 Å². The van der Waals surface area contributed by atoms with Crippen molar-refractivity contribution in [2.75, 3.05) is 0 Å². The average molecular weight is 468 g/mol. The smallest absolute Gasteiger partial charge is 0.138 e. The standard InChI is InChI=1S/C28H20O7/c29-18-4-1-14(2-5-18)28-26(17-7-20(31)12-21(32)8-17)27-22(33)9-16(11-25(27)35-28)23-10-15-3-6-19(30)13-24(15)34-23/h1-13,26,28-33H. The van der Waals surface area contributed by atoms with Gasteiger partial charge in [-0.25, -0.2) is 0 Å². The van der Waals surface area contributed by atoms with Crippen LogP contribution in [-0.4, -0.2) is 25.5 Å². The molecule has 0 spiro atoms. The van der Waals surface area contributed by atoms with Crippen LogP contribution in [0.5, 0.6) is 34.5 Å². The van der Waals surface area contributed by atoms with Crippen LogP contribution < -0.4 is 4.74 Å². The van der Waals surface area contributed by atoms with Crippen LogP contribution in [-0.2, 0) is 0 Å². The van der Waals surface area contributed by atoms with Gasteiger partial charge in [0.05, 0.1) is 5.92 Å². The van der Waals surface area contributed by atoms with Crippen molar-refractivity contribution in [3.05, 3.63) is 95.6 Å². The quantitative estimate of drug-likeness (QED) is 0.224. The molecule has 0 radical (unpaired) electrons. The van der Waals surface area contributed by atoms with Gasteiger partial charge < -0.3 is 34.7 Å². The van der Waals surface area contributed by atoms with Gasteiger partial charge in [-0.1, -0.05) is 12.1 Å².